The monoisotopic (exact) mass is 746 g/mol. The first-order valence-electron chi connectivity index (χ1n) is 10.8. The van der Waals surface area contributed by atoms with E-state index in [4.69, 9.17) is 0 Å². The lowest BCUT2D eigenvalue weighted by Crippen LogP contribution is -1.90. The fourth-order valence-corrected chi connectivity index (χ4v) is 9.86. The first kappa shape index (κ1) is 31.2. The molecule has 6 rings (SSSR count). The normalized spacial score (nSPS) is 11.9. The van der Waals surface area contributed by atoms with E-state index in [1.54, 1.807) is 0 Å². The molecule has 230 valence electrons. The van der Waals surface area contributed by atoms with Crippen molar-refractivity contribution < 1.29 is 61.5 Å². The quantitative estimate of drug-likeness (QED) is 0.154. The van der Waals surface area contributed by atoms with Gasteiger partial charge in [0.2, 0.25) is 42.4 Å². The fourth-order valence-electron chi connectivity index (χ4n) is 4.07. The molecule has 0 saturated heterocycles. The van der Waals surface area contributed by atoms with Crippen molar-refractivity contribution in [2.24, 2.45) is 0 Å². The Morgan fingerprint density at radius 2 is 0.432 bits per heavy atom. The van der Waals surface area contributed by atoms with Gasteiger partial charge in [-0.05, 0) is 0 Å². The number of hydrogen-bond donors (Lipinski definition) is 0. The zero-order valence-corrected chi connectivity index (χ0v) is 24.6. The molecule has 44 heavy (non-hydrogen) atoms. The summed E-state index contributed by atoms with van der Waals surface area (Å²) >= 11 is -1.88. The first-order valence-corrected chi connectivity index (χ1v) is 15.7. The number of rotatable bonds is 5. The molecule has 6 aromatic rings. The van der Waals surface area contributed by atoms with Gasteiger partial charge < -0.3 is 0 Å². The fraction of sp³-hybridized carbons (Fsp3) is 0. The largest absolute Gasteiger partial charge is 0.216 e. The molecule has 0 aliphatic carbocycles. The molecule has 0 radical (unpaired) electrons. The highest BCUT2D eigenvalue weighted by atomic mass is 32.1. The average Bonchev–Trinajstić information content (AvgIpc) is 3.74. The molecule has 0 nitrogen and oxygen atoms in total. The Kier molecular flexibility index (Phi) is 7.76. The maximum absolute atomic E-state index is 15.4. The average molecular weight is 747 g/mol. The van der Waals surface area contributed by atoms with Crippen LogP contribution in [0.5, 0.6) is 0 Å². The summed E-state index contributed by atoms with van der Waals surface area (Å²) in [7, 11) is 0. The molecule has 0 bridgehead atoms. The minimum atomic E-state index is -2.12. The van der Waals surface area contributed by atoms with E-state index in [-0.39, 0.29) is 68.0 Å². The molecule has 0 saturated carbocycles. The summed E-state index contributed by atoms with van der Waals surface area (Å²) in [5.74, 6) is -16.0. The van der Waals surface area contributed by atoms with E-state index in [1.807, 2.05) is 0 Å². The second-order valence-corrected chi connectivity index (χ2v) is 14.1. The topological polar surface area (TPSA) is 0 Å². The minimum absolute atomic E-state index is 0.233. The van der Waals surface area contributed by atoms with E-state index in [9.17, 15) is 48.3 Å². The summed E-state index contributed by atoms with van der Waals surface area (Å²) < 4.78 is 203. The number of halogens is 14. The van der Waals surface area contributed by atoms with Gasteiger partial charge in [-0.25, -0.2) is 26.3 Å². The molecule has 6 aromatic heterocycles. The Morgan fingerprint density at radius 1 is 0.205 bits per heavy atom. The van der Waals surface area contributed by atoms with E-state index < -0.39 is 129 Å². The zero-order valence-electron chi connectivity index (χ0n) is 19.7. The summed E-state index contributed by atoms with van der Waals surface area (Å²) in [5.41, 5.74) is -5.07. The molecule has 0 aliphatic heterocycles. The highest BCUT2D eigenvalue weighted by Gasteiger charge is 2.38. The minimum Gasteiger partial charge on any atom is -0.202 e. The van der Waals surface area contributed by atoms with Crippen LogP contribution in [-0.2, 0) is 0 Å². The van der Waals surface area contributed by atoms with Gasteiger partial charge in [0, 0.05) is 0 Å². The van der Waals surface area contributed by atoms with Crippen molar-refractivity contribution >= 4 is 68.0 Å². The van der Waals surface area contributed by atoms with Crippen molar-refractivity contribution in [3.05, 3.63) is 77.3 Å². The third-order valence-corrected chi connectivity index (χ3v) is 11.8. The van der Waals surface area contributed by atoms with Gasteiger partial charge in [0.05, 0.1) is 51.5 Å². The maximum atomic E-state index is 15.4. The van der Waals surface area contributed by atoms with Gasteiger partial charge in [-0.3, -0.25) is 0 Å². The summed E-state index contributed by atoms with van der Waals surface area (Å²) in [6, 6.07) is 0. The van der Waals surface area contributed by atoms with E-state index in [0.29, 0.717) is 0 Å². The Balaban J connectivity index is 1.68. The third kappa shape index (κ3) is 4.47. The SMILES string of the molecule is Fc1sc(-c2sc(F)c(F)c2-c2sc(F)c(F)c2-c2sc(F)c(F)c2-c2sc(F)c(F)c2-c2sc(F)c(F)c2F)c(F)c1F. The molecule has 20 heteroatoms. The maximum Gasteiger partial charge on any atom is 0.216 e. The predicted molar refractivity (Wildman–Crippen MR) is 140 cm³/mol. The van der Waals surface area contributed by atoms with Crippen LogP contribution in [0.15, 0.2) is 0 Å². The van der Waals surface area contributed by atoms with Gasteiger partial charge in [0.1, 0.15) is 0 Å². The van der Waals surface area contributed by atoms with Gasteiger partial charge in [-0.15, -0.1) is 45.3 Å². The first-order chi connectivity index (χ1) is 20.6. The molecule has 0 fully saturated rings. The third-order valence-electron chi connectivity index (χ3n) is 5.87. The molecule has 0 aromatic carbocycles. The molecular weight excluding hydrogens is 747 g/mol. The Bertz CT molecular complexity index is 2140. The molecule has 0 unspecified atom stereocenters. The lowest BCUT2D eigenvalue weighted by molar-refractivity contribution is 0.468. The van der Waals surface area contributed by atoms with E-state index >= 15 is 13.2 Å². The highest BCUT2D eigenvalue weighted by molar-refractivity contribution is 7.22. The molecule has 0 spiro atoms. The van der Waals surface area contributed by atoms with Crippen LogP contribution in [0.4, 0.5) is 61.5 Å². The van der Waals surface area contributed by atoms with E-state index in [0.717, 1.165) is 0 Å². The van der Waals surface area contributed by atoms with Crippen LogP contribution in [0.3, 0.4) is 0 Å². The van der Waals surface area contributed by atoms with Gasteiger partial charge in [-0.1, -0.05) is 22.7 Å². The smallest absolute Gasteiger partial charge is 0.202 e. The summed E-state index contributed by atoms with van der Waals surface area (Å²) in [6.45, 7) is 0. The van der Waals surface area contributed by atoms with Crippen LogP contribution < -0.4 is 0 Å². The molecular formula is C24F14S6. The highest BCUT2D eigenvalue weighted by Crippen LogP contribution is 2.56. The van der Waals surface area contributed by atoms with E-state index in [2.05, 4.69) is 0 Å². The van der Waals surface area contributed by atoms with Crippen LogP contribution in [0.2, 0.25) is 0 Å². The lowest BCUT2D eigenvalue weighted by Gasteiger charge is -2.08. The van der Waals surface area contributed by atoms with Crippen LogP contribution in [0.1, 0.15) is 0 Å². The van der Waals surface area contributed by atoms with Crippen molar-refractivity contribution in [1.82, 2.24) is 0 Å². The standard InChI is InChI=1S/C24F14S6/c25-5-1(14-3(7(27)21(35)40-14)16-9(29)11(31)23(37)42-16)13(39-19(5)33)2-6(26)20(34)41-15(2)4-8(28)22(36)43-17(4)18-10(30)12(32)24(38)44-18. The van der Waals surface area contributed by atoms with Crippen molar-refractivity contribution in [2.75, 3.05) is 0 Å². The van der Waals surface area contributed by atoms with Crippen LogP contribution in [0.25, 0.3) is 51.5 Å². The lowest BCUT2D eigenvalue weighted by atomic mass is 10.0. The molecule has 0 aliphatic rings. The van der Waals surface area contributed by atoms with Gasteiger partial charge >= 0.3 is 0 Å². The predicted octanol–water partition coefficient (Wildman–Crippen LogP) is 12.3. The van der Waals surface area contributed by atoms with Crippen molar-refractivity contribution in [3.63, 3.8) is 0 Å². The summed E-state index contributed by atoms with van der Waals surface area (Å²) in [4.78, 5) is -6.46. The molecule has 0 amide bonds. The second-order valence-electron chi connectivity index (χ2n) is 8.24. The van der Waals surface area contributed by atoms with Crippen LogP contribution >= 0.6 is 68.0 Å². The van der Waals surface area contributed by atoms with Gasteiger partial charge in [-0.2, -0.15) is 35.1 Å². The summed E-state index contributed by atoms with van der Waals surface area (Å²) in [5, 5.41) is -10.8. The van der Waals surface area contributed by atoms with Gasteiger partial charge in [0.25, 0.3) is 0 Å². The zero-order chi connectivity index (χ0) is 32.1. The Morgan fingerprint density at radius 3 is 0.750 bits per heavy atom. The van der Waals surface area contributed by atoms with Crippen LogP contribution in [0, 0.1) is 77.3 Å². The Labute approximate surface area is 257 Å². The van der Waals surface area contributed by atoms with E-state index in [1.165, 1.54) is 0 Å². The second kappa shape index (κ2) is 10.9. The summed E-state index contributed by atoms with van der Waals surface area (Å²) in [6.07, 6.45) is 0. The van der Waals surface area contributed by atoms with Crippen LogP contribution in [-0.4, -0.2) is 0 Å². The molecule has 6 heterocycles. The number of hydrogen-bond acceptors (Lipinski definition) is 6. The molecule has 0 N–H and O–H groups in total. The Hall–Kier alpha value is -2.78. The number of thiophene rings is 6. The van der Waals surface area contributed by atoms with Crippen molar-refractivity contribution in [1.29, 1.82) is 0 Å². The van der Waals surface area contributed by atoms with Crippen molar-refractivity contribution in [3.8, 4) is 51.5 Å². The molecule has 0 atom stereocenters. The van der Waals surface area contributed by atoms with Gasteiger partial charge in [0.15, 0.2) is 34.9 Å². The van der Waals surface area contributed by atoms with Crippen molar-refractivity contribution in [2.45, 2.75) is 0 Å².